The Morgan fingerprint density at radius 2 is 1.65 bits per heavy atom. The highest BCUT2D eigenvalue weighted by molar-refractivity contribution is 6.37. The molecule has 0 radical (unpaired) electrons. The molecule has 1 fully saturated rings. The van der Waals surface area contributed by atoms with Crippen molar-refractivity contribution in [3.63, 3.8) is 0 Å². The van der Waals surface area contributed by atoms with E-state index in [1.165, 1.54) is 0 Å². The zero-order valence-corrected chi connectivity index (χ0v) is 15.5. The number of hydrogen-bond donors (Lipinski definition) is 0. The zero-order valence-electron chi connectivity index (χ0n) is 13.2. The molecule has 2 aromatic carbocycles. The number of carbonyl (C=O) groups is 2. The molecule has 1 saturated heterocycles. The van der Waals surface area contributed by atoms with Crippen molar-refractivity contribution in [2.45, 2.75) is 18.4 Å². The number of halogens is 3. The van der Waals surface area contributed by atoms with Crippen molar-refractivity contribution in [1.82, 2.24) is 0 Å². The van der Waals surface area contributed by atoms with Crippen LogP contribution in [0.15, 0.2) is 47.6 Å². The summed E-state index contributed by atoms with van der Waals surface area (Å²) in [7, 11) is 0. The third-order valence-electron chi connectivity index (χ3n) is 4.39. The first-order valence-electron chi connectivity index (χ1n) is 7.73. The highest BCUT2D eigenvalue weighted by Gasteiger charge is 2.58. The molecule has 5 nitrogen and oxygen atoms in total. The minimum atomic E-state index is -1.34. The van der Waals surface area contributed by atoms with E-state index in [1.54, 1.807) is 42.5 Å². The zero-order chi connectivity index (χ0) is 18.5. The predicted octanol–water partition coefficient (Wildman–Crippen LogP) is 4.47. The van der Waals surface area contributed by atoms with Crippen molar-refractivity contribution in [3.05, 3.63) is 63.1 Å². The number of carbonyl (C=O) groups excluding carboxylic acids is 2. The number of imide groups is 1. The monoisotopic (exact) mass is 408 g/mol. The average Bonchev–Trinajstić information content (AvgIpc) is 3.11. The van der Waals surface area contributed by atoms with Crippen LogP contribution < -0.4 is 4.90 Å². The molecule has 0 aliphatic carbocycles. The van der Waals surface area contributed by atoms with Crippen molar-refractivity contribution < 1.29 is 14.4 Å². The number of hydrogen-bond acceptors (Lipinski definition) is 4. The van der Waals surface area contributed by atoms with Crippen molar-refractivity contribution in [1.29, 1.82) is 0 Å². The molecule has 2 aliphatic rings. The fraction of sp³-hybridized carbons (Fsp3) is 0.167. The summed E-state index contributed by atoms with van der Waals surface area (Å²) in [6.45, 7) is 0. The molecular weight excluding hydrogens is 399 g/mol. The molecule has 2 amide bonds. The lowest BCUT2D eigenvalue weighted by molar-refractivity contribution is -0.136. The number of rotatable bonds is 2. The van der Waals surface area contributed by atoms with Crippen LogP contribution in [-0.4, -0.2) is 23.1 Å². The van der Waals surface area contributed by atoms with E-state index in [9.17, 15) is 9.59 Å². The van der Waals surface area contributed by atoms with Crippen molar-refractivity contribution in [2.24, 2.45) is 5.16 Å². The van der Waals surface area contributed by atoms with Gasteiger partial charge in [-0.15, -0.1) is 0 Å². The Bertz CT molecular complexity index is 959. The van der Waals surface area contributed by atoms with Crippen LogP contribution in [0.1, 0.15) is 18.4 Å². The van der Waals surface area contributed by atoms with Crippen molar-refractivity contribution >= 4 is 58.0 Å². The second kappa shape index (κ2) is 6.27. The third-order valence-corrected chi connectivity index (χ3v) is 5.19. The summed E-state index contributed by atoms with van der Waals surface area (Å²) in [6, 6.07) is 11.4. The molecule has 0 unspecified atom stereocenters. The van der Waals surface area contributed by atoms with E-state index in [2.05, 4.69) is 5.16 Å². The van der Waals surface area contributed by atoms with Crippen molar-refractivity contribution in [3.8, 4) is 0 Å². The molecule has 0 aromatic heterocycles. The second-order valence-electron chi connectivity index (χ2n) is 6.11. The number of amides is 2. The molecule has 0 N–H and O–H groups in total. The Balaban J connectivity index is 1.62. The molecule has 132 valence electrons. The van der Waals surface area contributed by atoms with Gasteiger partial charge in [0.2, 0.25) is 11.5 Å². The summed E-state index contributed by atoms with van der Waals surface area (Å²) >= 11 is 18.0. The van der Waals surface area contributed by atoms with Crippen LogP contribution >= 0.6 is 34.8 Å². The van der Waals surface area contributed by atoms with E-state index in [1.807, 2.05) is 0 Å². The summed E-state index contributed by atoms with van der Waals surface area (Å²) in [6.07, 6.45) is 0.0652. The van der Waals surface area contributed by atoms with Crippen LogP contribution in [0.5, 0.6) is 0 Å². The van der Waals surface area contributed by atoms with Gasteiger partial charge in [0, 0.05) is 22.0 Å². The number of oxime groups is 1. The molecule has 1 spiro atoms. The first-order chi connectivity index (χ1) is 12.4. The summed E-state index contributed by atoms with van der Waals surface area (Å²) in [5, 5.41) is 5.44. The third kappa shape index (κ3) is 2.76. The number of anilines is 1. The van der Waals surface area contributed by atoms with E-state index in [4.69, 9.17) is 39.6 Å². The van der Waals surface area contributed by atoms with Crippen LogP contribution in [0.2, 0.25) is 15.1 Å². The highest BCUT2D eigenvalue weighted by atomic mass is 35.5. The van der Waals surface area contributed by atoms with Crippen LogP contribution in [-0.2, 0) is 14.4 Å². The Hall–Kier alpha value is -2.08. The van der Waals surface area contributed by atoms with Gasteiger partial charge in [-0.3, -0.25) is 9.59 Å². The fourth-order valence-corrected chi connectivity index (χ4v) is 3.77. The topological polar surface area (TPSA) is 59.0 Å². The quantitative estimate of drug-likeness (QED) is 0.687. The van der Waals surface area contributed by atoms with Gasteiger partial charge in [0.1, 0.15) is 0 Å². The lowest BCUT2D eigenvalue weighted by Gasteiger charge is -2.19. The van der Waals surface area contributed by atoms with Gasteiger partial charge in [-0.2, -0.15) is 0 Å². The maximum absolute atomic E-state index is 13.0. The van der Waals surface area contributed by atoms with Gasteiger partial charge in [0.25, 0.3) is 5.91 Å². The average molecular weight is 410 g/mol. The van der Waals surface area contributed by atoms with E-state index >= 15 is 0 Å². The Morgan fingerprint density at radius 1 is 0.962 bits per heavy atom. The smallest absolute Gasteiger partial charge is 0.281 e. The van der Waals surface area contributed by atoms with Gasteiger partial charge in [0.05, 0.1) is 22.8 Å². The summed E-state index contributed by atoms with van der Waals surface area (Å²) in [5.74, 6) is -0.801. The molecule has 2 heterocycles. The molecule has 0 bridgehead atoms. The van der Waals surface area contributed by atoms with Gasteiger partial charge in [-0.1, -0.05) is 46.0 Å². The second-order valence-corrected chi connectivity index (χ2v) is 7.39. The van der Waals surface area contributed by atoms with E-state index in [-0.39, 0.29) is 18.7 Å². The summed E-state index contributed by atoms with van der Waals surface area (Å²) in [4.78, 5) is 32.0. The van der Waals surface area contributed by atoms with Crippen LogP contribution in [0.25, 0.3) is 0 Å². The molecule has 8 heteroatoms. The fourth-order valence-electron chi connectivity index (χ4n) is 3.12. The Kier molecular flexibility index (Phi) is 4.18. The molecule has 0 saturated carbocycles. The minimum absolute atomic E-state index is 0.0906. The molecular formula is C18H11Cl3N2O3. The highest BCUT2D eigenvalue weighted by Crippen LogP contribution is 2.40. The summed E-state index contributed by atoms with van der Waals surface area (Å²) < 4.78 is 0. The van der Waals surface area contributed by atoms with Gasteiger partial charge in [0.15, 0.2) is 0 Å². The number of nitrogens with zero attached hydrogens (tertiary/aromatic N) is 2. The largest absolute Gasteiger partial charge is 0.378 e. The molecule has 26 heavy (non-hydrogen) atoms. The van der Waals surface area contributed by atoms with Gasteiger partial charge >= 0.3 is 0 Å². The first-order valence-corrected chi connectivity index (χ1v) is 8.86. The van der Waals surface area contributed by atoms with E-state index in [0.29, 0.717) is 32.0 Å². The normalized spacial score (nSPS) is 22.1. The summed E-state index contributed by atoms with van der Waals surface area (Å²) in [5.41, 5.74) is 0.237. The molecule has 2 aliphatic heterocycles. The van der Waals surface area contributed by atoms with Crippen LogP contribution in [0.4, 0.5) is 5.69 Å². The maximum atomic E-state index is 13.0. The molecule has 4 rings (SSSR count). The lowest BCUT2D eigenvalue weighted by Crippen LogP contribution is -2.40. The van der Waals surface area contributed by atoms with E-state index in [0.717, 1.165) is 4.90 Å². The SMILES string of the molecule is O=C1C[C@@]2(CC(c3ccc(Cl)cc3Cl)=NO2)C(=O)N1c1ccc(Cl)cc1. The maximum Gasteiger partial charge on any atom is 0.281 e. The van der Waals surface area contributed by atoms with Crippen LogP contribution in [0.3, 0.4) is 0 Å². The van der Waals surface area contributed by atoms with Gasteiger partial charge in [-0.05, 0) is 36.4 Å². The Morgan fingerprint density at radius 3 is 2.35 bits per heavy atom. The lowest BCUT2D eigenvalue weighted by atomic mass is 9.92. The first kappa shape index (κ1) is 17.3. The van der Waals surface area contributed by atoms with Crippen LogP contribution in [0, 0.1) is 0 Å². The van der Waals surface area contributed by atoms with Crippen molar-refractivity contribution in [2.75, 3.05) is 4.90 Å². The number of benzene rings is 2. The molecule has 2 aromatic rings. The minimum Gasteiger partial charge on any atom is -0.378 e. The Labute approximate surface area is 164 Å². The van der Waals surface area contributed by atoms with Gasteiger partial charge < -0.3 is 4.84 Å². The standard InChI is InChI=1S/C18H11Cl3N2O3/c19-10-1-4-12(5-2-10)23-16(24)9-18(17(23)25)8-15(22-26-18)13-6-3-11(20)7-14(13)21/h1-7H,8-9H2/t18-/m0/s1. The van der Waals surface area contributed by atoms with Gasteiger partial charge in [-0.25, -0.2) is 4.90 Å². The van der Waals surface area contributed by atoms with E-state index < -0.39 is 11.5 Å². The predicted molar refractivity (Wildman–Crippen MR) is 100.0 cm³/mol. The molecule has 1 atom stereocenters.